The van der Waals surface area contributed by atoms with E-state index in [0.717, 1.165) is 44.4 Å². The van der Waals surface area contributed by atoms with Gasteiger partial charge in [-0.3, -0.25) is 0 Å². The topological polar surface area (TPSA) is 44.3 Å². The first-order valence-electron chi connectivity index (χ1n) is 7.60. The number of hydrogen-bond acceptors (Lipinski definition) is 5. The third-order valence-electron chi connectivity index (χ3n) is 3.94. The van der Waals surface area contributed by atoms with Crippen LogP contribution in [0.1, 0.15) is 31.5 Å². The molecule has 1 atom stereocenters. The molecule has 5 nitrogen and oxygen atoms in total. The monoisotopic (exact) mass is 277 g/mol. The lowest BCUT2D eigenvalue weighted by Crippen LogP contribution is -2.39. The maximum Gasteiger partial charge on any atom is 0.225 e. The van der Waals surface area contributed by atoms with Crippen LogP contribution in [0.3, 0.4) is 0 Å². The lowest BCUT2D eigenvalue weighted by atomic mass is 10.2. The fourth-order valence-corrected chi connectivity index (χ4v) is 2.72. The van der Waals surface area contributed by atoms with Crippen molar-refractivity contribution in [2.75, 3.05) is 38.1 Å². The van der Waals surface area contributed by atoms with Gasteiger partial charge in [0.05, 0.1) is 0 Å². The highest BCUT2D eigenvalue weighted by Gasteiger charge is 2.22. The van der Waals surface area contributed by atoms with Crippen molar-refractivity contribution in [1.82, 2.24) is 20.2 Å². The highest BCUT2D eigenvalue weighted by atomic mass is 15.3. The zero-order chi connectivity index (χ0) is 14.5. The molecule has 1 unspecified atom stereocenters. The van der Waals surface area contributed by atoms with Gasteiger partial charge in [0, 0.05) is 43.1 Å². The number of aryl methyl sites for hydroxylation is 1. The van der Waals surface area contributed by atoms with E-state index in [1.54, 1.807) is 0 Å². The molecule has 0 saturated carbocycles. The van der Waals surface area contributed by atoms with Gasteiger partial charge in [-0.05, 0) is 40.4 Å². The Hall–Kier alpha value is -1.20. The van der Waals surface area contributed by atoms with Crippen LogP contribution < -0.4 is 10.2 Å². The second-order valence-electron chi connectivity index (χ2n) is 5.72. The first kappa shape index (κ1) is 15.2. The minimum absolute atomic E-state index is 0.460. The number of likely N-dealkylation sites (N-methyl/N-ethyl adjacent to an activating group) is 1. The molecule has 2 heterocycles. The van der Waals surface area contributed by atoms with E-state index in [2.05, 4.69) is 47.9 Å². The van der Waals surface area contributed by atoms with E-state index in [0.29, 0.717) is 6.04 Å². The fourth-order valence-electron chi connectivity index (χ4n) is 2.72. The van der Waals surface area contributed by atoms with E-state index in [1.165, 1.54) is 12.0 Å². The highest BCUT2D eigenvalue weighted by molar-refractivity contribution is 5.34. The lowest BCUT2D eigenvalue weighted by molar-refractivity contribution is 0.337. The smallest absolute Gasteiger partial charge is 0.225 e. The van der Waals surface area contributed by atoms with Gasteiger partial charge < -0.3 is 15.1 Å². The number of nitrogens with zero attached hydrogens (tertiary/aromatic N) is 4. The molecule has 1 aliphatic heterocycles. The lowest BCUT2D eigenvalue weighted by Gasteiger charge is -2.28. The minimum Gasteiger partial charge on any atom is -0.337 e. The van der Waals surface area contributed by atoms with Gasteiger partial charge in [-0.25, -0.2) is 9.97 Å². The van der Waals surface area contributed by atoms with Crippen LogP contribution in [0.5, 0.6) is 0 Å². The van der Waals surface area contributed by atoms with E-state index in [-0.39, 0.29) is 0 Å². The summed E-state index contributed by atoms with van der Waals surface area (Å²) in [6, 6.07) is 0.460. The molecule has 1 aliphatic rings. The summed E-state index contributed by atoms with van der Waals surface area (Å²) in [4.78, 5) is 14.0. The molecule has 0 radical (unpaired) electrons. The van der Waals surface area contributed by atoms with Crippen LogP contribution in [0.2, 0.25) is 0 Å². The van der Waals surface area contributed by atoms with Crippen molar-refractivity contribution < 1.29 is 0 Å². The van der Waals surface area contributed by atoms with Gasteiger partial charge in [-0.1, -0.05) is 6.92 Å². The van der Waals surface area contributed by atoms with Crippen molar-refractivity contribution in [1.29, 1.82) is 0 Å². The number of anilines is 1. The standard InChI is InChI=1S/C15H27N5/c1-5-16-9-14-10-17-15(18-13(14)3)20-8-6-7-19(4)11-12(20)2/h10,12,16H,5-9,11H2,1-4H3. The minimum atomic E-state index is 0.460. The van der Waals surface area contributed by atoms with Crippen LogP contribution in [0.4, 0.5) is 5.95 Å². The second kappa shape index (κ2) is 6.99. The van der Waals surface area contributed by atoms with Gasteiger partial charge >= 0.3 is 0 Å². The third kappa shape index (κ3) is 3.67. The normalized spacial score (nSPS) is 21.0. The Kier molecular flexibility index (Phi) is 5.31. The largest absolute Gasteiger partial charge is 0.337 e. The van der Waals surface area contributed by atoms with Gasteiger partial charge in [-0.2, -0.15) is 0 Å². The highest BCUT2D eigenvalue weighted by Crippen LogP contribution is 2.17. The van der Waals surface area contributed by atoms with E-state index in [9.17, 15) is 0 Å². The molecule has 1 aromatic rings. The molecule has 1 saturated heterocycles. The number of aromatic nitrogens is 2. The fraction of sp³-hybridized carbons (Fsp3) is 0.733. The number of rotatable bonds is 4. The molecular formula is C15H27N5. The number of hydrogen-bond donors (Lipinski definition) is 1. The van der Waals surface area contributed by atoms with Crippen molar-refractivity contribution in [3.8, 4) is 0 Å². The first-order chi connectivity index (χ1) is 9.61. The molecule has 112 valence electrons. The molecule has 0 amide bonds. The summed E-state index contributed by atoms with van der Waals surface area (Å²) in [5.41, 5.74) is 2.27. The maximum absolute atomic E-state index is 4.72. The zero-order valence-corrected chi connectivity index (χ0v) is 13.2. The summed E-state index contributed by atoms with van der Waals surface area (Å²) in [6.45, 7) is 11.5. The summed E-state index contributed by atoms with van der Waals surface area (Å²) in [5, 5.41) is 3.33. The Morgan fingerprint density at radius 2 is 2.20 bits per heavy atom. The average molecular weight is 277 g/mol. The third-order valence-corrected chi connectivity index (χ3v) is 3.94. The van der Waals surface area contributed by atoms with E-state index >= 15 is 0 Å². The van der Waals surface area contributed by atoms with Gasteiger partial charge in [0.2, 0.25) is 5.95 Å². The van der Waals surface area contributed by atoms with Crippen LogP contribution >= 0.6 is 0 Å². The summed E-state index contributed by atoms with van der Waals surface area (Å²) >= 11 is 0. The maximum atomic E-state index is 4.72. The predicted molar refractivity (Wildman–Crippen MR) is 83.1 cm³/mol. The Bertz CT molecular complexity index is 434. The Morgan fingerprint density at radius 3 is 2.90 bits per heavy atom. The van der Waals surface area contributed by atoms with Crippen molar-refractivity contribution >= 4 is 5.95 Å². The Morgan fingerprint density at radius 1 is 1.40 bits per heavy atom. The van der Waals surface area contributed by atoms with Gasteiger partial charge in [0.15, 0.2) is 0 Å². The zero-order valence-electron chi connectivity index (χ0n) is 13.2. The SMILES string of the molecule is CCNCc1cnc(N2CCCN(C)CC2C)nc1C. The molecule has 20 heavy (non-hydrogen) atoms. The molecule has 0 spiro atoms. The second-order valence-corrected chi connectivity index (χ2v) is 5.72. The summed E-state index contributed by atoms with van der Waals surface area (Å²) in [5.74, 6) is 0.880. The molecule has 1 fully saturated rings. The first-order valence-corrected chi connectivity index (χ1v) is 7.60. The quantitative estimate of drug-likeness (QED) is 0.902. The molecule has 1 aromatic heterocycles. The van der Waals surface area contributed by atoms with Crippen molar-refractivity contribution in [2.24, 2.45) is 0 Å². The molecule has 0 aliphatic carbocycles. The molecule has 0 bridgehead atoms. The summed E-state index contributed by atoms with van der Waals surface area (Å²) in [7, 11) is 2.19. The van der Waals surface area contributed by atoms with Crippen LogP contribution in [0.25, 0.3) is 0 Å². The molecule has 5 heteroatoms. The van der Waals surface area contributed by atoms with Gasteiger partial charge in [0.25, 0.3) is 0 Å². The number of nitrogens with one attached hydrogen (secondary N) is 1. The van der Waals surface area contributed by atoms with E-state index in [4.69, 9.17) is 4.98 Å². The molecule has 1 N–H and O–H groups in total. The van der Waals surface area contributed by atoms with Gasteiger partial charge in [-0.15, -0.1) is 0 Å². The molecular weight excluding hydrogens is 250 g/mol. The average Bonchev–Trinajstić information content (AvgIpc) is 2.58. The van der Waals surface area contributed by atoms with Gasteiger partial charge in [0.1, 0.15) is 0 Å². The van der Waals surface area contributed by atoms with Crippen LogP contribution in [-0.2, 0) is 6.54 Å². The van der Waals surface area contributed by atoms with Crippen LogP contribution in [-0.4, -0.2) is 54.1 Å². The van der Waals surface area contributed by atoms with Crippen LogP contribution in [0.15, 0.2) is 6.20 Å². The predicted octanol–water partition coefficient (Wildman–Crippen LogP) is 1.42. The molecule has 0 aromatic carbocycles. The van der Waals surface area contributed by atoms with Crippen molar-refractivity contribution in [2.45, 2.75) is 39.8 Å². The van der Waals surface area contributed by atoms with E-state index < -0.39 is 0 Å². The Balaban J connectivity index is 2.13. The van der Waals surface area contributed by atoms with E-state index in [1.807, 2.05) is 6.20 Å². The molecule has 2 rings (SSSR count). The van der Waals surface area contributed by atoms with Crippen molar-refractivity contribution in [3.05, 3.63) is 17.5 Å². The summed E-state index contributed by atoms with van der Waals surface area (Å²) in [6.07, 6.45) is 3.14. The van der Waals surface area contributed by atoms with Crippen molar-refractivity contribution in [3.63, 3.8) is 0 Å². The van der Waals surface area contributed by atoms with Crippen LogP contribution in [0, 0.1) is 6.92 Å². The summed E-state index contributed by atoms with van der Waals surface area (Å²) < 4.78 is 0. The Labute approximate surface area is 122 Å².